The lowest BCUT2D eigenvalue weighted by molar-refractivity contribution is 0.237. The fourth-order valence-electron chi connectivity index (χ4n) is 2.63. The van der Waals surface area contributed by atoms with E-state index in [9.17, 15) is 13.2 Å². The number of amides is 2. The Balaban J connectivity index is 1.86. The van der Waals surface area contributed by atoms with Crippen molar-refractivity contribution in [1.29, 1.82) is 0 Å². The van der Waals surface area contributed by atoms with Gasteiger partial charge >= 0.3 is 6.03 Å². The monoisotopic (exact) mass is 379 g/mol. The first-order valence-corrected chi connectivity index (χ1v) is 9.95. The number of aryl methyl sites for hydroxylation is 2. The minimum Gasteiger partial charge on any atom is -0.466 e. The number of urea groups is 1. The van der Waals surface area contributed by atoms with Gasteiger partial charge < -0.3 is 15.1 Å². The van der Waals surface area contributed by atoms with E-state index in [1.54, 1.807) is 24.3 Å². The fourth-order valence-corrected chi connectivity index (χ4v) is 3.41. The highest BCUT2D eigenvalue weighted by Crippen LogP contribution is 2.20. The molecule has 0 fully saturated rings. The lowest BCUT2D eigenvalue weighted by Crippen LogP contribution is -2.36. The quantitative estimate of drug-likeness (QED) is 0.688. The van der Waals surface area contributed by atoms with E-state index >= 15 is 0 Å². The Hall–Kier alpha value is -2.32. The highest BCUT2D eigenvalue weighted by Gasteiger charge is 2.15. The minimum atomic E-state index is -3.29. The number of carbonyl (C=O) groups is 1. The van der Waals surface area contributed by atoms with E-state index < -0.39 is 10.0 Å². The molecular weight excluding hydrogens is 354 g/mol. The topological polar surface area (TPSA) is 100 Å². The number of sulfonamides is 1. The van der Waals surface area contributed by atoms with E-state index in [-0.39, 0.29) is 17.8 Å². The van der Waals surface area contributed by atoms with Crippen LogP contribution in [-0.2, 0) is 22.3 Å². The molecule has 8 heteroatoms. The number of benzene rings is 1. The maximum absolute atomic E-state index is 12.1. The first kappa shape index (κ1) is 20.0. The van der Waals surface area contributed by atoms with Gasteiger partial charge in [-0.2, -0.15) is 0 Å². The Morgan fingerprint density at radius 3 is 2.31 bits per heavy atom. The molecule has 0 aliphatic heterocycles. The van der Waals surface area contributed by atoms with Gasteiger partial charge in [0.15, 0.2) is 0 Å². The van der Waals surface area contributed by atoms with Crippen LogP contribution in [0.2, 0.25) is 0 Å². The summed E-state index contributed by atoms with van der Waals surface area (Å²) >= 11 is 0. The molecule has 142 valence electrons. The van der Waals surface area contributed by atoms with Crippen molar-refractivity contribution in [3.8, 4) is 0 Å². The van der Waals surface area contributed by atoms with Gasteiger partial charge in [-0.25, -0.2) is 17.9 Å². The third kappa shape index (κ3) is 5.60. The van der Waals surface area contributed by atoms with Crippen LogP contribution in [0.15, 0.2) is 34.7 Å². The molecule has 0 radical (unpaired) electrons. The second-order valence-electron chi connectivity index (χ2n) is 6.20. The normalized spacial score (nSPS) is 12.6. The standard InChI is InChI=1S/C18H25N3O4S/c1-12-9-17(14(3)25-12)13(2)21-18(22)20-10-15-5-7-16(8-6-15)11-26(23,24)19-4/h5-9,13,19H,10-11H2,1-4H3,(H2,20,21,22). The van der Waals surface area contributed by atoms with E-state index in [0.29, 0.717) is 12.1 Å². The Labute approximate surface area is 154 Å². The van der Waals surface area contributed by atoms with Crippen LogP contribution in [0.3, 0.4) is 0 Å². The molecule has 2 aromatic rings. The molecule has 7 nitrogen and oxygen atoms in total. The highest BCUT2D eigenvalue weighted by atomic mass is 32.2. The van der Waals surface area contributed by atoms with Crippen molar-refractivity contribution in [2.45, 2.75) is 39.1 Å². The van der Waals surface area contributed by atoms with Crippen LogP contribution in [0.25, 0.3) is 0 Å². The molecule has 0 aliphatic carbocycles. The fraction of sp³-hybridized carbons (Fsp3) is 0.389. The number of hydrogen-bond donors (Lipinski definition) is 3. The molecule has 1 heterocycles. The largest absolute Gasteiger partial charge is 0.466 e. The van der Waals surface area contributed by atoms with Crippen molar-refractivity contribution < 1.29 is 17.6 Å². The predicted octanol–water partition coefficient (Wildman–Crippen LogP) is 2.51. The smallest absolute Gasteiger partial charge is 0.315 e. The maximum atomic E-state index is 12.1. The molecule has 3 N–H and O–H groups in total. The Morgan fingerprint density at radius 2 is 1.77 bits per heavy atom. The van der Waals surface area contributed by atoms with Gasteiger partial charge in [-0.3, -0.25) is 0 Å². The second kappa shape index (κ2) is 8.37. The van der Waals surface area contributed by atoms with Crippen molar-refractivity contribution >= 4 is 16.1 Å². The maximum Gasteiger partial charge on any atom is 0.315 e. The molecular formula is C18H25N3O4S. The van der Waals surface area contributed by atoms with Crippen molar-refractivity contribution in [1.82, 2.24) is 15.4 Å². The van der Waals surface area contributed by atoms with Crippen LogP contribution in [0.1, 0.15) is 41.2 Å². The first-order valence-electron chi connectivity index (χ1n) is 8.30. The summed E-state index contributed by atoms with van der Waals surface area (Å²) < 4.78 is 30.8. The van der Waals surface area contributed by atoms with E-state index in [1.807, 2.05) is 26.8 Å². The van der Waals surface area contributed by atoms with Gasteiger partial charge in [-0.15, -0.1) is 0 Å². The zero-order chi connectivity index (χ0) is 19.3. The van der Waals surface area contributed by atoms with E-state index in [2.05, 4.69) is 15.4 Å². The molecule has 2 rings (SSSR count). The van der Waals surface area contributed by atoms with E-state index in [0.717, 1.165) is 22.6 Å². The van der Waals surface area contributed by atoms with Gasteiger partial charge in [0.1, 0.15) is 11.5 Å². The van der Waals surface area contributed by atoms with Crippen molar-refractivity contribution in [3.05, 3.63) is 58.5 Å². The summed E-state index contributed by atoms with van der Waals surface area (Å²) in [6.45, 7) is 5.98. The van der Waals surface area contributed by atoms with Gasteiger partial charge in [0.05, 0.1) is 11.8 Å². The van der Waals surface area contributed by atoms with E-state index in [1.165, 1.54) is 7.05 Å². The average molecular weight is 379 g/mol. The minimum absolute atomic E-state index is 0.0708. The number of rotatable bonds is 7. The molecule has 2 amide bonds. The highest BCUT2D eigenvalue weighted by molar-refractivity contribution is 7.88. The summed E-state index contributed by atoms with van der Waals surface area (Å²) in [5.41, 5.74) is 2.52. The number of hydrogen-bond acceptors (Lipinski definition) is 4. The van der Waals surface area contributed by atoms with Gasteiger partial charge in [0, 0.05) is 12.1 Å². The van der Waals surface area contributed by atoms with Gasteiger partial charge in [-0.1, -0.05) is 24.3 Å². The van der Waals surface area contributed by atoms with Gasteiger partial charge in [0.25, 0.3) is 0 Å². The van der Waals surface area contributed by atoms with Crippen LogP contribution in [0.4, 0.5) is 4.79 Å². The molecule has 0 saturated carbocycles. The lowest BCUT2D eigenvalue weighted by atomic mass is 10.1. The summed E-state index contributed by atoms with van der Waals surface area (Å²) in [5, 5.41) is 5.67. The Bertz CT molecular complexity index is 857. The Kier molecular flexibility index (Phi) is 6.44. The van der Waals surface area contributed by atoms with Gasteiger partial charge in [-0.05, 0) is 45.0 Å². The van der Waals surface area contributed by atoms with Crippen LogP contribution in [-0.4, -0.2) is 21.5 Å². The molecule has 1 aromatic heterocycles. The molecule has 0 aliphatic rings. The van der Waals surface area contributed by atoms with Gasteiger partial charge in [0.2, 0.25) is 10.0 Å². The summed E-state index contributed by atoms with van der Waals surface area (Å²) in [6, 6.07) is 8.55. The molecule has 1 atom stereocenters. The van der Waals surface area contributed by atoms with Crippen molar-refractivity contribution in [3.63, 3.8) is 0 Å². The van der Waals surface area contributed by atoms with E-state index in [4.69, 9.17) is 4.42 Å². The molecule has 0 saturated heterocycles. The lowest BCUT2D eigenvalue weighted by Gasteiger charge is -2.14. The van der Waals surface area contributed by atoms with Crippen LogP contribution >= 0.6 is 0 Å². The summed E-state index contributed by atoms with van der Waals surface area (Å²) in [6.07, 6.45) is 0. The number of nitrogens with one attached hydrogen (secondary N) is 3. The second-order valence-corrected chi connectivity index (χ2v) is 8.12. The third-order valence-corrected chi connectivity index (χ3v) is 5.37. The number of furan rings is 1. The SMILES string of the molecule is CNS(=O)(=O)Cc1ccc(CNC(=O)NC(C)c2cc(C)oc2C)cc1. The van der Waals surface area contributed by atoms with Crippen LogP contribution in [0.5, 0.6) is 0 Å². The zero-order valence-electron chi connectivity index (χ0n) is 15.4. The summed E-state index contributed by atoms with van der Waals surface area (Å²) in [5.74, 6) is 1.54. The van der Waals surface area contributed by atoms with Crippen molar-refractivity contribution in [2.75, 3.05) is 7.05 Å². The zero-order valence-corrected chi connectivity index (χ0v) is 16.2. The molecule has 1 aromatic carbocycles. The van der Waals surface area contributed by atoms with Crippen LogP contribution < -0.4 is 15.4 Å². The average Bonchev–Trinajstić information content (AvgIpc) is 2.92. The van der Waals surface area contributed by atoms with Crippen molar-refractivity contribution in [2.24, 2.45) is 0 Å². The predicted molar refractivity (Wildman–Crippen MR) is 100 cm³/mol. The van der Waals surface area contributed by atoms with Crippen LogP contribution in [0, 0.1) is 13.8 Å². The molecule has 1 unspecified atom stereocenters. The Morgan fingerprint density at radius 1 is 1.15 bits per heavy atom. The first-order chi connectivity index (χ1) is 12.2. The number of carbonyl (C=O) groups excluding carboxylic acids is 1. The molecule has 0 bridgehead atoms. The summed E-state index contributed by atoms with van der Waals surface area (Å²) in [7, 11) is -1.90. The third-order valence-electron chi connectivity index (χ3n) is 4.04. The molecule has 0 spiro atoms. The molecule has 26 heavy (non-hydrogen) atoms. The summed E-state index contributed by atoms with van der Waals surface area (Å²) in [4.78, 5) is 12.1.